The molecule has 184 valence electrons. The molecule has 3 aromatic rings. The molecule has 0 aliphatic heterocycles. The van der Waals surface area contributed by atoms with Crippen LogP contribution in [0.4, 0.5) is 5.69 Å². The molecule has 0 heterocycles. The second-order valence-electron chi connectivity index (χ2n) is 7.94. The lowest BCUT2D eigenvalue weighted by Gasteiger charge is -2.24. The highest BCUT2D eigenvalue weighted by Gasteiger charge is 2.27. The lowest BCUT2D eigenvalue weighted by molar-refractivity contribution is -0.119. The first kappa shape index (κ1) is 26.2. The fraction of sp³-hybridized carbons (Fsp3) is 0.200. The number of phenolic OH excluding ortho intramolecular Hbond substituents is 1. The number of sulfonamides is 1. The van der Waals surface area contributed by atoms with Crippen LogP contribution in [0.15, 0.2) is 69.1 Å². The van der Waals surface area contributed by atoms with Gasteiger partial charge in [0.2, 0.25) is 0 Å². The summed E-state index contributed by atoms with van der Waals surface area (Å²) in [5, 5.41) is 13.8. The highest BCUT2D eigenvalue weighted by atomic mass is 79.9. The third kappa shape index (κ3) is 6.20. The molecule has 0 atom stereocenters. The number of phenols is 1. The Balaban J connectivity index is 1.87. The summed E-state index contributed by atoms with van der Waals surface area (Å²) in [6, 6.07) is 14.8. The lowest BCUT2D eigenvalue weighted by Crippen LogP contribution is -2.39. The van der Waals surface area contributed by atoms with Crippen molar-refractivity contribution in [1.82, 2.24) is 5.43 Å². The van der Waals surface area contributed by atoms with Crippen LogP contribution >= 0.6 is 15.9 Å². The topological polar surface area (TPSA) is 108 Å². The lowest BCUT2D eigenvalue weighted by atomic mass is 10.1. The van der Waals surface area contributed by atoms with Crippen molar-refractivity contribution in [1.29, 1.82) is 0 Å². The van der Waals surface area contributed by atoms with Crippen molar-refractivity contribution in [2.75, 3.05) is 18.0 Å². The number of hydrogen-bond acceptors (Lipinski definition) is 6. The number of ether oxygens (including phenoxy) is 1. The van der Waals surface area contributed by atoms with E-state index < -0.39 is 22.5 Å². The molecule has 3 rings (SSSR count). The smallest absolute Gasteiger partial charge is 0.264 e. The SMILES string of the molecule is COc1cc(/C=N\NC(=O)CN(c2ccc(C)c(C)c2)S(=O)(=O)c2ccc(C)cc2)cc(Br)c1O. The van der Waals surface area contributed by atoms with Crippen molar-refractivity contribution in [3.63, 3.8) is 0 Å². The number of nitrogens with zero attached hydrogens (tertiary/aromatic N) is 2. The number of halogens is 1. The van der Waals surface area contributed by atoms with Crippen molar-refractivity contribution in [3.8, 4) is 11.5 Å². The van der Waals surface area contributed by atoms with Gasteiger partial charge in [0.1, 0.15) is 6.54 Å². The number of aromatic hydroxyl groups is 1. The van der Waals surface area contributed by atoms with Gasteiger partial charge in [-0.3, -0.25) is 9.10 Å². The second kappa shape index (κ2) is 10.9. The van der Waals surface area contributed by atoms with Crippen LogP contribution in [0.25, 0.3) is 0 Å². The summed E-state index contributed by atoms with van der Waals surface area (Å²) in [6.45, 7) is 5.20. The van der Waals surface area contributed by atoms with E-state index in [-0.39, 0.29) is 16.4 Å². The molecule has 0 spiro atoms. The van der Waals surface area contributed by atoms with Gasteiger partial charge in [-0.1, -0.05) is 23.8 Å². The number of anilines is 1. The van der Waals surface area contributed by atoms with Gasteiger partial charge in [-0.25, -0.2) is 13.8 Å². The van der Waals surface area contributed by atoms with E-state index >= 15 is 0 Å². The van der Waals surface area contributed by atoms with E-state index in [0.717, 1.165) is 21.0 Å². The summed E-state index contributed by atoms with van der Waals surface area (Å²) in [6.07, 6.45) is 1.36. The first-order valence-electron chi connectivity index (χ1n) is 10.6. The van der Waals surface area contributed by atoms with Crippen LogP contribution in [0.2, 0.25) is 0 Å². The van der Waals surface area contributed by atoms with Gasteiger partial charge in [-0.05, 0) is 89.8 Å². The highest BCUT2D eigenvalue weighted by molar-refractivity contribution is 9.10. The molecule has 0 fully saturated rings. The third-order valence-electron chi connectivity index (χ3n) is 5.35. The molecule has 2 N–H and O–H groups in total. The molecule has 1 amide bonds. The maximum Gasteiger partial charge on any atom is 0.264 e. The fourth-order valence-corrected chi connectivity index (χ4v) is 5.07. The van der Waals surface area contributed by atoms with E-state index in [9.17, 15) is 18.3 Å². The molecule has 3 aromatic carbocycles. The number of carbonyl (C=O) groups excluding carboxylic acids is 1. The number of carbonyl (C=O) groups is 1. The van der Waals surface area contributed by atoms with Crippen LogP contribution in [-0.4, -0.2) is 39.3 Å². The summed E-state index contributed by atoms with van der Waals surface area (Å²) in [5.74, 6) is -0.448. The van der Waals surface area contributed by atoms with Crippen molar-refractivity contribution < 1.29 is 23.1 Å². The highest BCUT2D eigenvalue weighted by Crippen LogP contribution is 2.34. The van der Waals surface area contributed by atoms with Gasteiger partial charge < -0.3 is 9.84 Å². The standard InChI is InChI=1S/C25H26BrN3O5S/c1-16-5-9-21(10-6-16)35(32,33)29(20-8-7-17(2)18(3)11-20)15-24(30)28-27-14-19-12-22(26)25(31)23(13-19)34-4/h5-14,31H,15H2,1-4H3,(H,28,30)/b27-14-. The molecular formula is C25H26BrN3O5S. The summed E-state index contributed by atoms with van der Waals surface area (Å²) in [4.78, 5) is 12.8. The zero-order valence-electron chi connectivity index (χ0n) is 19.7. The summed E-state index contributed by atoms with van der Waals surface area (Å²) < 4.78 is 33.5. The Labute approximate surface area is 213 Å². The van der Waals surface area contributed by atoms with Gasteiger partial charge in [-0.2, -0.15) is 5.10 Å². The fourth-order valence-electron chi connectivity index (χ4n) is 3.20. The van der Waals surface area contributed by atoms with Crippen LogP contribution in [0, 0.1) is 20.8 Å². The summed E-state index contributed by atoms with van der Waals surface area (Å²) >= 11 is 3.22. The van der Waals surface area contributed by atoms with Gasteiger partial charge >= 0.3 is 0 Å². The first-order valence-corrected chi connectivity index (χ1v) is 12.8. The van der Waals surface area contributed by atoms with Crippen molar-refractivity contribution in [2.45, 2.75) is 25.7 Å². The van der Waals surface area contributed by atoms with E-state index in [2.05, 4.69) is 26.5 Å². The molecule has 0 aromatic heterocycles. The van der Waals surface area contributed by atoms with Crippen LogP contribution in [0.3, 0.4) is 0 Å². The van der Waals surface area contributed by atoms with Crippen LogP contribution in [0.5, 0.6) is 11.5 Å². The van der Waals surface area contributed by atoms with Crippen LogP contribution < -0.4 is 14.5 Å². The number of aryl methyl sites for hydroxylation is 3. The minimum Gasteiger partial charge on any atom is -0.503 e. The largest absolute Gasteiger partial charge is 0.503 e. The molecule has 10 heteroatoms. The van der Waals surface area contributed by atoms with Gasteiger partial charge in [0.15, 0.2) is 11.5 Å². The number of hydrazone groups is 1. The molecule has 0 saturated heterocycles. The van der Waals surface area contributed by atoms with E-state index in [1.807, 2.05) is 26.8 Å². The average molecular weight is 560 g/mol. The Hall–Kier alpha value is -3.37. The molecule has 0 unspecified atom stereocenters. The van der Waals surface area contributed by atoms with E-state index in [0.29, 0.717) is 15.7 Å². The van der Waals surface area contributed by atoms with Crippen molar-refractivity contribution in [2.24, 2.45) is 5.10 Å². The maximum absolute atomic E-state index is 13.5. The molecule has 0 saturated carbocycles. The molecule has 0 bridgehead atoms. The minimum atomic E-state index is -4.02. The van der Waals surface area contributed by atoms with Gasteiger partial charge in [0.25, 0.3) is 15.9 Å². The quantitative estimate of drug-likeness (QED) is 0.313. The van der Waals surface area contributed by atoms with Crippen molar-refractivity contribution in [3.05, 3.63) is 81.3 Å². The van der Waals surface area contributed by atoms with E-state index in [1.165, 1.54) is 25.5 Å². The summed E-state index contributed by atoms with van der Waals surface area (Å²) in [7, 11) is -2.61. The first-order chi connectivity index (χ1) is 16.5. The molecule has 0 aliphatic rings. The molecule has 35 heavy (non-hydrogen) atoms. The third-order valence-corrected chi connectivity index (χ3v) is 7.74. The predicted molar refractivity (Wildman–Crippen MR) is 140 cm³/mol. The zero-order valence-corrected chi connectivity index (χ0v) is 22.1. The Morgan fingerprint density at radius 1 is 1.09 bits per heavy atom. The number of hydrogen-bond donors (Lipinski definition) is 2. The predicted octanol–water partition coefficient (Wildman–Crippen LogP) is 4.43. The number of rotatable bonds is 8. The molecule has 8 nitrogen and oxygen atoms in total. The van der Waals surface area contributed by atoms with Crippen LogP contribution in [0.1, 0.15) is 22.3 Å². The number of methoxy groups -OCH3 is 1. The molecule has 0 aliphatic carbocycles. The summed E-state index contributed by atoms with van der Waals surface area (Å²) in [5.41, 5.74) is 6.12. The zero-order chi connectivity index (χ0) is 25.8. The Morgan fingerprint density at radius 3 is 2.40 bits per heavy atom. The maximum atomic E-state index is 13.5. The minimum absolute atomic E-state index is 0.0565. The molecular weight excluding hydrogens is 534 g/mol. The van der Waals surface area contributed by atoms with E-state index in [1.54, 1.807) is 36.4 Å². The van der Waals surface area contributed by atoms with E-state index in [4.69, 9.17) is 4.74 Å². The van der Waals surface area contributed by atoms with Gasteiger partial charge in [-0.15, -0.1) is 0 Å². The normalized spacial score (nSPS) is 11.5. The monoisotopic (exact) mass is 559 g/mol. The second-order valence-corrected chi connectivity index (χ2v) is 10.7. The number of amides is 1. The molecule has 0 radical (unpaired) electrons. The Kier molecular flexibility index (Phi) is 8.18. The van der Waals surface area contributed by atoms with Crippen molar-refractivity contribution >= 4 is 43.8 Å². The number of benzene rings is 3. The van der Waals surface area contributed by atoms with Gasteiger partial charge in [0, 0.05) is 0 Å². The Morgan fingerprint density at radius 2 is 1.77 bits per heavy atom. The van der Waals surface area contributed by atoms with Crippen LogP contribution in [-0.2, 0) is 14.8 Å². The average Bonchev–Trinajstić information content (AvgIpc) is 2.81. The Bertz CT molecular complexity index is 1370. The number of nitrogens with one attached hydrogen (secondary N) is 1. The van der Waals surface area contributed by atoms with Gasteiger partial charge in [0.05, 0.1) is 28.4 Å².